The van der Waals surface area contributed by atoms with Crippen LogP contribution >= 0.6 is 11.6 Å². The van der Waals surface area contributed by atoms with Crippen LogP contribution in [0.3, 0.4) is 0 Å². The largest absolute Gasteiger partial charge is 0.338 e. The van der Waals surface area contributed by atoms with E-state index in [0.717, 1.165) is 28.0 Å². The van der Waals surface area contributed by atoms with Crippen molar-refractivity contribution in [3.8, 4) is 0 Å². The molecule has 6 heteroatoms. The molecule has 0 amide bonds. The van der Waals surface area contributed by atoms with Gasteiger partial charge in [-0.1, -0.05) is 35.9 Å². The highest BCUT2D eigenvalue weighted by atomic mass is 35.5. The molecule has 5 nitrogen and oxygen atoms in total. The number of pyridine rings is 1. The number of benzene rings is 2. The average Bonchev–Trinajstić information content (AvgIpc) is 2.61. The first kappa shape index (κ1) is 16.3. The summed E-state index contributed by atoms with van der Waals surface area (Å²) in [5.74, 6) is 1.20. The lowest BCUT2D eigenvalue weighted by Gasteiger charge is -2.11. The number of rotatable bonds is 4. The van der Waals surface area contributed by atoms with E-state index in [9.17, 15) is 0 Å². The van der Waals surface area contributed by atoms with Gasteiger partial charge in [-0.25, -0.2) is 4.98 Å². The number of nitrogens with one attached hydrogen (secondary N) is 2. The van der Waals surface area contributed by atoms with Gasteiger partial charge in [0.05, 0.1) is 11.2 Å². The zero-order valence-electron chi connectivity index (χ0n) is 14.1. The molecule has 26 heavy (non-hydrogen) atoms. The lowest BCUT2D eigenvalue weighted by Crippen LogP contribution is -2.02. The second kappa shape index (κ2) is 6.98. The molecule has 0 fully saturated rings. The van der Waals surface area contributed by atoms with Gasteiger partial charge in [-0.2, -0.15) is 4.98 Å². The highest BCUT2D eigenvalue weighted by molar-refractivity contribution is 6.30. The van der Waals surface area contributed by atoms with Crippen LogP contribution in [0.15, 0.2) is 66.9 Å². The van der Waals surface area contributed by atoms with E-state index in [2.05, 4.69) is 25.6 Å². The molecule has 4 aromatic rings. The third-order valence-electron chi connectivity index (χ3n) is 3.83. The molecule has 128 valence electrons. The van der Waals surface area contributed by atoms with Crippen molar-refractivity contribution in [3.05, 3.63) is 77.6 Å². The van der Waals surface area contributed by atoms with E-state index in [1.165, 1.54) is 0 Å². The quantitative estimate of drug-likeness (QED) is 0.504. The van der Waals surface area contributed by atoms with Gasteiger partial charge in [0.15, 0.2) is 0 Å². The highest BCUT2D eigenvalue weighted by Crippen LogP contribution is 2.25. The van der Waals surface area contributed by atoms with Crippen LogP contribution < -0.4 is 10.6 Å². The van der Waals surface area contributed by atoms with Crippen molar-refractivity contribution >= 4 is 45.6 Å². The molecule has 2 N–H and O–H groups in total. The second-order valence-electron chi connectivity index (χ2n) is 5.86. The van der Waals surface area contributed by atoms with Crippen LogP contribution in [0.25, 0.3) is 10.9 Å². The molecular weight excluding hydrogens is 346 g/mol. The van der Waals surface area contributed by atoms with Crippen molar-refractivity contribution in [1.29, 1.82) is 0 Å². The predicted octanol–water partition coefficient (Wildman–Crippen LogP) is 5.47. The van der Waals surface area contributed by atoms with Crippen molar-refractivity contribution in [1.82, 2.24) is 15.0 Å². The molecule has 0 unspecified atom stereocenters. The molecule has 0 atom stereocenters. The third-order valence-corrected chi connectivity index (χ3v) is 4.07. The van der Waals surface area contributed by atoms with Crippen LogP contribution in [0, 0.1) is 6.92 Å². The molecule has 0 radical (unpaired) electrons. The summed E-state index contributed by atoms with van der Waals surface area (Å²) < 4.78 is 0. The summed E-state index contributed by atoms with van der Waals surface area (Å²) in [5, 5.41) is 8.26. The van der Waals surface area contributed by atoms with Gasteiger partial charge in [0.2, 0.25) is 5.95 Å². The Kier molecular flexibility index (Phi) is 4.37. The van der Waals surface area contributed by atoms with Crippen molar-refractivity contribution < 1.29 is 0 Å². The number of nitrogens with zero attached hydrogens (tertiary/aromatic N) is 3. The van der Waals surface area contributed by atoms with Gasteiger partial charge >= 0.3 is 0 Å². The summed E-state index contributed by atoms with van der Waals surface area (Å²) in [6.07, 6.45) is 1.78. The predicted molar refractivity (Wildman–Crippen MR) is 107 cm³/mol. The maximum Gasteiger partial charge on any atom is 0.229 e. The maximum absolute atomic E-state index is 6.04. The number of fused-ring (bicyclic) bond motifs is 1. The molecule has 0 saturated heterocycles. The molecule has 0 spiro atoms. The van der Waals surface area contributed by atoms with E-state index in [-0.39, 0.29) is 0 Å². The van der Waals surface area contributed by atoms with Crippen molar-refractivity contribution in [2.24, 2.45) is 0 Å². The van der Waals surface area contributed by atoms with Gasteiger partial charge < -0.3 is 10.6 Å². The van der Waals surface area contributed by atoms with E-state index >= 15 is 0 Å². The van der Waals surface area contributed by atoms with Crippen LogP contribution in [-0.2, 0) is 0 Å². The van der Waals surface area contributed by atoms with E-state index in [4.69, 9.17) is 11.6 Å². The smallest absolute Gasteiger partial charge is 0.229 e. The minimum Gasteiger partial charge on any atom is -0.338 e. The number of aromatic nitrogens is 3. The fourth-order valence-corrected chi connectivity index (χ4v) is 2.92. The molecule has 4 rings (SSSR count). The Morgan fingerprint density at radius 3 is 2.62 bits per heavy atom. The summed E-state index contributed by atoms with van der Waals surface area (Å²) in [6.45, 7) is 1.93. The summed E-state index contributed by atoms with van der Waals surface area (Å²) in [4.78, 5) is 13.5. The molecule has 2 heterocycles. The first-order valence-electron chi connectivity index (χ1n) is 8.16. The van der Waals surface area contributed by atoms with Crippen LogP contribution in [0.4, 0.5) is 23.1 Å². The highest BCUT2D eigenvalue weighted by Gasteiger charge is 2.07. The normalized spacial score (nSPS) is 10.7. The van der Waals surface area contributed by atoms with Crippen molar-refractivity contribution in [2.45, 2.75) is 6.92 Å². The second-order valence-corrected chi connectivity index (χ2v) is 6.30. The van der Waals surface area contributed by atoms with Crippen LogP contribution in [0.2, 0.25) is 5.02 Å². The van der Waals surface area contributed by atoms with E-state index in [1.54, 1.807) is 6.20 Å². The number of anilines is 4. The standard InChI is InChI=1S/C20H16ClN5/c1-13-11-18(25-17-9-2-5-14-6-4-10-22-19(14)17)26-20(23-13)24-16-8-3-7-15(21)12-16/h2-12H,1H3,(H2,23,24,25,26). The lowest BCUT2D eigenvalue weighted by atomic mass is 10.2. The topological polar surface area (TPSA) is 62.7 Å². The Bertz CT molecular complexity index is 1080. The number of para-hydroxylation sites is 1. The molecule has 0 aliphatic rings. The van der Waals surface area contributed by atoms with E-state index in [1.807, 2.05) is 67.6 Å². The Morgan fingerprint density at radius 2 is 1.73 bits per heavy atom. The summed E-state index contributed by atoms with van der Waals surface area (Å²) in [6, 6.07) is 19.3. The molecule has 0 bridgehead atoms. The molecule has 0 aliphatic heterocycles. The van der Waals surface area contributed by atoms with Gasteiger partial charge in [-0.15, -0.1) is 0 Å². The molecule has 2 aromatic carbocycles. The maximum atomic E-state index is 6.04. The van der Waals surface area contributed by atoms with Gasteiger partial charge in [0.25, 0.3) is 0 Å². The van der Waals surface area contributed by atoms with Gasteiger partial charge in [-0.05, 0) is 37.3 Å². The van der Waals surface area contributed by atoms with Crippen molar-refractivity contribution in [2.75, 3.05) is 10.6 Å². The number of hydrogen-bond acceptors (Lipinski definition) is 5. The SMILES string of the molecule is Cc1cc(Nc2cccc3cccnc23)nc(Nc2cccc(Cl)c2)n1. The van der Waals surface area contributed by atoms with E-state index < -0.39 is 0 Å². The van der Waals surface area contributed by atoms with Crippen molar-refractivity contribution in [3.63, 3.8) is 0 Å². The van der Waals surface area contributed by atoms with Gasteiger partial charge in [-0.3, -0.25) is 4.98 Å². The number of aryl methyl sites for hydroxylation is 1. The monoisotopic (exact) mass is 361 g/mol. The third kappa shape index (κ3) is 3.58. The lowest BCUT2D eigenvalue weighted by molar-refractivity contribution is 1.11. The molecule has 0 saturated carbocycles. The Hall–Kier alpha value is -3.18. The Morgan fingerprint density at radius 1 is 0.885 bits per heavy atom. The fourth-order valence-electron chi connectivity index (χ4n) is 2.73. The van der Waals surface area contributed by atoms with Crippen LogP contribution in [0.5, 0.6) is 0 Å². The summed E-state index contributed by atoms with van der Waals surface area (Å²) in [5.41, 5.74) is 3.48. The molecule has 0 aliphatic carbocycles. The number of hydrogen-bond donors (Lipinski definition) is 2. The average molecular weight is 362 g/mol. The van der Waals surface area contributed by atoms with Crippen LogP contribution in [0.1, 0.15) is 5.69 Å². The number of halogens is 1. The summed E-state index contributed by atoms with van der Waals surface area (Å²) >= 11 is 6.04. The minimum absolute atomic E-state index is 0.503. The minimum atomic E-state index is 0.503. The van der Waals surface area contributed by atoms with E-state index in [0.29, 0.717) is 16.8 Å². The zero-order chi connectivity index (χ0) is 17.9. The zero-order valence-corrected chi connectivity index (χ0v) is 14.8. The Labute approximate surface area is 156 Å². The first-order valence-corrected chi connectivity index (χ1v) is 8.54. The van der Waals surface area contributed by atoms with Gasteiger partial charge in [0.1, 0.15) is 5.82 Å². The fraction of sp³-hybridized carbons (Fsp3) is 0.0500. The van der Waals surface area contributed by atoms with Gasteiger partial charge in [0, 0.05) is 34.1 Å². The Balaban J connectivity index is 1.66. The summed E-state index contributed by atoms with van der Waals surface area (Å²) in [7, 11) is 0. The van der Waals surface area contributed by atoms with Crippen LogP contribution in [-0.4, -0.2) is 15.0 Å². The molecular formula is C20H16ClN5. The first-order chi connectivity index (χ1) is 12.7. The molecule has 2 aromatic heterocycles.